The molecule has 0 radical (unpaired) electrons. The van der Waals surface area contributed by atoms with Crippen molar-refractivity contribution in [2.75, 3.05) is 6.61 Å². The van der Waals surface area contributed by atoms with E-state index >= 15 is 0 Å². The first-order chi connectivity index (χ1) is 5.95. The minimum absolute atomic E-state index is 0.0459. The molecule has 0 saturated carbocycles. The van der Waals surface area contributed by atoms with Gasteiger partial charge in [0.2, 0.25) is 0 Å². The summed E-state index contributed by atoms with van der Waals surface area (Å²) >= 11 is 0. The van der Waals surface area contributed by atoms with Crippen molar-refractivity contribution in [3.8, 4) is 0 Å². The molecule has 1 rings (SSSR count). The largest absolute Gasteiger partial charge is 0.469 e. The van der Waals surface area contributed by atoms with Gasteiger partial charge < -0.3 is 14.4 Å². The minimum atomic E-state index is -4.17. The van der Waals surface area contributed by atoms with Crippen LogP contribution in [-0.4, -0.2) is 25.9 Å². The first-order valence-electron chi connectivity index (χ1n) is 3.57. The van der Waals surface area contributed by atoms with E-state index < -0.39 is 7.82 Å². The monoisotopic (exact) mass is 208 g/mol. The number of phosphoric ester groups is 1. The molecule has 7 heteroatoms. The highest BCUT2D eigenvalue weighted by Gasteiger charge is 2.10. The Morgan fingerprint density at radius 2 is 2.23 bits per heavy atom. The van der Waals surface area contributed by atoms with Crippen LogP contribution in [0.4, 0.5) is 0 Å². The predicted molar refractivity (Wildman–Crippen MR) is 46.9 cm³/mol. The maximum absolute atomic E-state index is 9.70. The number of phosphoric acid groups is 1. The first-order valence-corrected chi connectivity index (χ1v) is 5.10. The average molecular weight is 208 g/mol. The SMILES string of the molecule is CCOP(=O)(O)O.Cn1ccnc1. The van der Waals surface area contributed by atoms with Gasteiger partial charge in [-0.1, -0.05) is 0 Å². The molecule has 0 fully saturated rings. The van der Waals surface area contributed by atoms with E-state index in [0.29, 0.717) is 0 Å². The Morgan fingerprint density at radius 3 is 2.31 bits per heavy atom. The van der Waals surface area contributed by atoms with Gasteiger partial charge in [-0.3, -0.25) is 4.52 Å². The number of hydrogen-bond donors (Lipinski definition) is 2. The Morgan fingerprint density at radius 1 is 1.62 bits per heavy atom. The van der Waals surface area contributed by atoms with E-state index in [-0.39, 0.29) is 6.61 Å². The van der Waals surface area contributed by atoms with Crippen LogP contribution >= 0.6 is 7.82 Å². The van der Waals surface area contributed by atoms with Gasteiger partial charge in [-0.25, -0.2) is 9.55 Å². The number of nitrogens with zero attached hydrogens (tertiary/aromatic N) is 2. The normalized spacial score (nSPS) is 10.5. The van der Waals surface area contributed by atoms with Crippen LogP contribution < -0.4 is 0 Å². The summed E-state index contributed by atoms with van der Waals surface area (Å²) in [6.07, 6.45) is 5.39. The average Bonchev–Trinajstić information content (AvgIpc) is 2.38. The standard InChI is InChI=1S/C4H6N2.C2H7O4P/c1-6-3-2-5-4-6;1-2-6-7(3,4)5/h2-4H,1H3;2H2,1H3,(H2,3,4,5). The number of rotatable bonds is 2. The van der Waals surface area contributed by atoms with Crippen LogP contribution in [-0.2, 0) is 16.1 Å². The maximum atomic E-state index is 9.70. The first kappa shape index (κ1) is 12.3. The molecule has 0 saturated heterocycles. The summed E-state index contributed by atoms with van der Waals surface area (Å²) in [6, 6.07) is 0. The Hall–Kier alpha value is -0.680. The fourth-order valence-electron chi connectivity index (χ4n) is 0.494. The van der Waals surface area contributed by atoms with E-state index in [1.54, 1.807) is 12.5 Å². The van der Waals surface area contributed by atoms with Crippen LogP contribution in [0.1, 0.15) is 6.92 Å². The Balaban J connectivity index is 0.000000223. The molecule has 0 unspecified atom stereocenters. The molecule has 6 nitrogen and oxygen atoms in total. The summed E-state index contributed by atoms with van der Waals surface area (Å²) in [5.74, 6) is 0. The van der Waals surface area contributed by atoms with Gasteiger partial charge in [0.25, 0.3) is 0 Å². The summed E-state index contributed by atoms with van der Waals surface area (Å²) in [5.41, 5.74) is 0. The maximum Gasteiger partial charge on any atom is 0.469 e. The van der Waals surface area contributed by atoms with Crippen LogP contribution in [0.25, 0.3) is 0 Å². The molecule has 0 aromatic carbocycles. The summed E-state index contributed by atoms with van der Waals surface area (Å²) in [4.78, 5) is 19.6. The van der Waals surface area contributed by atoms with Gasteiger partial charge in [0.15, 0.2) is 0 Å². The molecule has 76 valence electrons. The number of imidazole rings is 1. The lowest BCUT2D eigenvalue weighted by atomic mass is 10.9. The molecule has 0 spiro atoms. The van der Waals surface area contributed by atoms with Crippen molar-refractivity contribution in [3.05, 3.63) is 18.7 Å². The zero-order chi connectivity index (χ0) is 10.3. The van der Waals surface area contributed by atoms with E-state index in [1.807, 2.05) is 17.8 Å². The summed E-state index contributed by atoms with van der Waals surface area (Å²) < 4.78 is 15.5. The molecule has 0 bridgehead atoms. The second-order valence-electron chi connectivity index (χ2n) is 2.14. The minimum Gasteiger partial charge on any atom is -0.341 e. The van der Waals surface area contributed by atoms with Gasteiger partial charge in [0, 0.05) is 19.4 Å². The molecule has 0 aliphatic rings. The highest BCUT2D eigenvalue weighted by Crippen LogP contribution is 2.34. The van der Waals surface area contributed by atoms with E-state index in [9.17, 15) is 4.57 Å². The van der Waals surface area contributed by atoms with Gasteiger partial charge in [0.05, 0.1) is 12.9 Å². The third-order valence-electron chi connectivity index (χ3n) is 0.934. The van der Waals surface area contributed by atoms with Crippen molar-refractivity contribution >= 4 is 7.82 Å². The second kappa shape index (κ2) is 5.88. The number of hydrogen-bond acceptors (Lipinski definition) is 3. The predicted octanol–water partition coefficient (Wildman–Crippen LogP) is 0.536. The van der Waals surface area contributed by atoms with Crippen molar-refractivity contribution in [2.24, 2.45) is 7.05 Å². The molecule has 13 heavy (non-hydrogen) atoms. The molecular formula is C6H13N2O4P. The lowest BCUT2D eigenvalue weighted by Crippen LogP contribution is -1.84. The molecule has 0 aliphatic heterocycles. The van der Waals surface area contributed by atoms with Crippen molar-refractivity contribution in [1.82, 2.24) is 9.55 Å². The third kappa shape index (κ3) is 9.23. The van der Waals surface area contributed by atoms with Gasteiger partial charge in [-0.05, 0) is 6.92 Å². The molecule has 1 aromatic rings. The van der Waals surface area contributed by atoms with E-state index in [2.05, 4.69) is 9.51 Å². The van der Waals surface area contributed by atoms with Crippen LogP contribution in [0, 0.1) is 0 Å². The fraction of sp³-hybridized carbons (Fsp3) is 0.500. The molecule has 2 N–H and O–H groups in total. The van der Waals surface area contributed by atoms with Crippen LogP contribution in [0.5, 0.6) is 0 Å². The summed E-state index contributed by atoms with van der Waals surface area (Å²) in [5, 5.41) is 0. The number of aromatic nitrogens is 2. The lowest BCUT2D eigenvalue weighted by molar-refractivity contribution is 0.206. The van der Waals surface area contributed by atoms with Crippen molar-refractivity contribution in [2.45, 2.75) is 6.92 Å². The van der Waals surface area contributed by atoms with Crippen molar-refractivity contribution in [3.63, 3.8) is 0 Å². The molecule has 0 amide bonds. The van der Waals surface area contributed by atoms with Gasteiger partial charge in [-0.15, -0.1) is 0 Å². The third-order valence-corrected chi connectivity index (χ3v) is 1.53. The second-order valence-corrected chi connectivity index (χ2v) is 3.38. The molecular weight excluding hydrogens is 195 g/mol. The summed E-state index contributed by atoms with van der Waals surface area (Å²) in [6.45, 7) is 1.56. The topological polar surface area (TPSA) is 84.6 Å². The summed E-state index contributed by atoms with van der Waals surface area (Å²) in [7, 11) is -2.23. The van der Waals surface area contributed by atoms with Crippen LogP contribution in [0.3, 0.4) is 0 Å². The van der Waals surface area contributed by atoms with E-state index in [4.69, 9.17) is 9.79 Å². The van der Waals surface area contributed by atoms with Crippen LogP contribution in [0.15, 0.2) is 18.7 Å². The van der Waals surface area contributed by atoms with Gasteiger partial charge >= 0.3 is 7.82 Å². The Bertz CT molecular complexity index is 256. The van der Waals surface area contributed by atoms with Crippen LogP contribution in [0.2, 0.25) is 0 Å². The molecule has 0 atom stereocenters. The highest BCUT2D eigenvalue weighted by atomic mass is 31.2. The van der Waals surface area contributed by atoms with Crippen molar-refractivity contribution < 1.29 is 18.9 Å². The highest BCUT2D eigenvalue weighted by molar-refractivity contribution is 7.46. The van der Waals surface area contributed by atoms with Gasteiger partial charge in [0.1, 0.15) is 0 Å². The zero-order valence-electron chi connectivity index (χ0n) is 7.49. The fourth-order valence-corrected chi connectivity index (χ4v) is 0.830. The zero-order valence-corrected chi connectivity index (χ0v) is 8.39. The lowest BCUT2D eigenvalue weighted by Gasteiger charge is -1.98. The quantitative estimate of drug-likeness (QED) is 0.692. The smallest absolute Gasteiger partial charge is 0.341 e. The van der Waals surface area contributed by atoms with Crippen molar-refractivity contribution in [1.29, 1.82) is 0 Å². The van der Waals surface area contributed by atoms with Gasteiger partial charge in [-0.2, -0.15) is 0 Å². The molecule has 1 heterocycles. The van der Waals surface area contributed by atoms with E-state index in [0.717, 1.165) is 0 Å². The molecule has 1 aromatic heterocycles. The molecule has 0 aliphatic carbocycles. The Labute approximate surface area is 76.4 Å². The number of aryl methyl sites for hydroxylation is 1. The van der Waals surface area contributed by atoms with E-state index in [1.165, 1.54) is 6.92 Å². The Kier molecular flexibility index (Phi) is 5.57.